The number of aliphatic hydroxyl groups excluding tert-OH is 2. The first-order valence-corrected chi connectivity index (χ1v) is 12.2. The van der Waals surface area contributed by atoms with Gasteiger partial charge in [-0.1, -0.05) is 43.7 Å². The van der Waals surface area contributed by atoms with Gasteiger partial charge in [0.15, 0.2) is 0 Å². The highest BCUT2D eigenvalue weighted by molar-refractivity contribution is 5.36. The summed E-state index contributed by atoms with van der Waals surface area (Å²) in [5, 5.41) is 30.6. The Hall–Kier alpha value is -0.900. The molecule has 3 aliphatic carbocycles. The van der Waals surface area contributed by atoms with Crippen molar-refractivity contribution in [1.29, 1.82) is 0 Å². The third-order valence-electron chi connectivity index (χ3n) is 8.29. The number of fused-ring (bicyclic) bond motifs is 1. The van der Waals surface area contributed by atoms with Gasteiger partial charge < -0.3 is 15.3 Å². The van der Waals surface area contributed by atoms with E-state index >= 15 is 0 Å². The largest absolute Gasteiger partial charge is 0.393 e. The lowest BCUT2D eigenvalue weighted by atomic mass is 9.60. The van der Waals surface area contributed by atoms with Gasteiger partial charge in [-0.15, -0.1) is 0 Å². The van der Waals surface area contributed by atoms with Crippen LogP contribution in [0.15, 0.2) is 35.5 Å². The van der Waals surface area contributed by atoms with E-state index in [0.717, 1.165) is 25.7 Å². The van der Waals surface area contributed by atoms with E-state index in [1.54, 1.807) is 19.4 Å². The third kappa shape index (κ3) is 5.47. The van der Waals surface area contributed by atoms with Crippen LogP contribution in [0.25, 0.3) is 0 Å². The normalized spacial score (nSPS) is 37.4. The van der Waals surface area contributed by atoms with Gasteiger partial charge in [-0.3, -0.25) is 0 Å². The van der Waals surface area contributed by atoms with E-state index in [2.05, 4.69) is 32.6 Å². The van der Waals surface area contributed by atoms with Crippen LogP contribution in [0.2, 0.25) is 0 Å². The zero-order chi connectivity index (χ0) is 22.1. The van der Waals surface area contributed by atoms with Crippen molar-refractivity contribution in [2.45, 2.75) is 110 Å². The average Bonchev–Trinajstić information content (AvgIpc) is 2.98. The lowest BCUT2D eigenvalue weighted by Crippen LogP contribution is -2.37. The van der Waals surface area contributed by atoms with Crippen molar-refractivity contribution in [3.63, 3.8) is 0 Å². The minimum Gasteiger partial charge on any atom is -0.393 e. The van der Waals surface area contributed by atoms with Gasteiger partial charge >= 0.3 is 0 Å². The first-order valence-electron chi connectivity index (χ1n) is 12.2. The second-order valence-corrected chi connectivity index (χ2v) is 11.4. The van der Waals surface area contributed by atoms with Crippen LogP contribution in [-0.2, 0) is 0 Å². The molecule has 3 nitrogen and oxygen atoms in total. The van der Waals surface area contributed by atoms with Gasteiger partial charge in [0.05, 0.1) is 17.8 Å². The van der Waals surface area contributed by atoms with Gasteiger partial charge in [0.2, 0.25) is 0 Å². The number of hydrogen-bond donors (Lipinski definition) is 3. The Morgan fingerprint density at radius 1 is 1.20 bits per heavy atom. The average molecular weight is 417 g/mol. The van der Waals surface area contributed by atoms with Crippen LogP contribution in [0.5, 0.6) is 0 Å². The summed E-state index contributed by atoms with van der Waals surface area (Å²) in [6, 6.07) is 0. The van der Waals surface area contributed by atoms with E-state index in [9.17, 15) is 15.3 Å². The zero-order valence-electron chi connectivity index (χ0n) is 19.7. The maximum Gasteiger partial charge on any atom is 0.0616 e. The van der Waals surface area contributed by atoms with Gasteiger partial charge in [0.1, 0.15) is 0 Å². The fraction of sp³-hybridized carbons (Fsp3) is 0.778. The van der Waals surface area contributed by atoms with E-state index < -0.39 is 11.7 Å². The zero-order valence-corrected chi connectivity index (χ0v) is 19.7. The highest BCUT2D eigenvalue weighted by Crippen LogP contribution is 2.60. The molecule has 3 saturated carbocycles. The highest BCUT2D eigenvalue weighted by Gasteiger charge is 2.50. The molecule has 3 N–H and O–H groups in total. The van der Waals surface area contributed by atoms with Crippen LogP contribution in [0.3, 0.4) is 0 Å². The lowest BCUT2D eigenvalue weighted by molar-refractivity contribution is 0.000134. The molecule has 1 unspecified atom stereocenters. The van der Waals surface area contributed by atoms with E-state index in [4.69, 9.17) is 0 Å². The molecule has 3 rings (SSSR count). The molecule has 0 radical (unpaired) electrons. The molecule has 0 aromatic rings. The molecule has 0 saturated heterocycles. The fourth-order valence-electron chi connectivity index (χ4n) is 6.86. The van der Waals surface area contributed by atoms with Gasteiger partial charge in [-0.2, -0.15) is 0 Å². The molecule has 3 aliphatic rings. The Morgan fingerprint density at radius 3 is 2.63 bits per heavy atom. The maximum atomic E-state index is 10.5. The lowest BCUT2D eigenvalue weighted by Gasteiger charge is -2.44. The molecule has 30 heavy (non-hydrogen) atoms. The molecule has 0 amide bonds. The second kappa shape index (κ2) is 9.30. The summed E-state index contributed by atoms with van der Waals surface area (Å²) in [5.41, 5.74) is 3.49. The number of aliphatic hydroxyl groups is 3. The van der Waals surface area contributed by atoms with Crippen LogP contribution in [0.4, 0.5) is 0 Å². The van der Waals surface area contributed by atoms with Crippen LogP contribution in [0.1, 0.15) is 91.9 Å². The first-order chi connectivity index (χ1) is 14.0. The first kappa shape index (κ1) is 23.8. The van der Waals surface area contributed by atoms with Crippen molar-refractivity contribution in [1.82, 2.24) is 0 Å². The van der Waals surface area contributed by atoms with Crippen molar-refractivity contribution in [2.24, 2.45) is 23.2 Å². The van der Waals surface area contributed by atoms with Crippen molar-refractivity contribution in [2.75, 3.05) is 0 Å². The molecule has 0 spiro atoms. The Morgan fingerprint density at radius 2 is 1.93 bits per heavy atom. The second-order valence-electron chi connectivity index (χ2n) is 11.4. The number of hydrogen-bond acceptors (Lipinski definition) is 3. The van der Waals surface area contributed by atoms with Crippen molar-refractivity contribution < 1.29 is 15.3 Å². The van der Waals surface area contributed by atoms with E-state index in [0.29, 0.717) is 29.6 Å². The summed E-state index contributed by atoms with van der Waals surface area (Å²) < 4.78 is 0. The van der Waals surface area contributed by atoms with Gasteiger partial charge in [-0.05, 0) is 100 Å². The summed E-state index contributed by atoms with van der Waals surface area (Å²) in [7, 11) is 0. The van der Waals surface area contributed by atoms with Gasteiger partial charge in [-0.25, -0.2) is 0 Å². The summed E-state index contributed by atoms with van der Waals surface area (Å²) in [4.78, 5) is 0. The predicted molar refractivity (Wildman–Crippen MR) is 124 cm³/mol. The smallest absolute Gasteiger partial charge is 0.0616 e. The van der Waals surface area contributed by atoms with Crippen molar-refractivity contribution in [3.8, 4) is 0 Å². The third-order valence-corrected chi connectivity index (χ3v) is 8.29. The Kier molecular flexibility index (Phi) is 7.37. The Bertz CT molecular complexity index is 683. The van der Waals surface area contributed by atoms with Gasteiger partial charge in [0.25, 0.3) is 0 Å². The summed E-state index contributed by atoms with van der Waals surface area (Å²) >= 11 is 0. The predicted octanol–water partition coefficient (Wildman–Crippen LogP) is 5.70. The van der Waals surface area contributed by atoms with Crippen LogP contribution >= 0.6 is 0 Å². The van der Waals surface area contributed by atoms with Gasteiger partial charge in [0, 0.05) is 6.42 Å². The molecular formula is C27H44O3. The summed E-state index contributed by atoms with van der Waals surface area (Å²) in [6.07, 6.45) is 13.8. The van der Waals surface area contributed by atoms with Crippen molar-refractivity contribution >= 4 is 0 Å². The Balaban J connectivity index is 1.71. The molecule has 0 heterocycles. The minimum atomic E-state index is -0.813. The summed E-state index contributed by atoms with van der Waals surface area (Å²) in [6.45, 7) is 12.6. The monoisotopic (exact) mass is 416 g/mol. The van der Waals surface area contributed by atoms with Crippen LogP contribution in [-0.4, -0.2) is 33.1 Å². The van der Waals surface area contributed by atoms with E-state index in [1.165, 1.54) is 43.3 Å². The molecule has 0 bridgehead atoms. The van der Waals surface area contributed by atoms with Crippen LogP contribution < -0.4 is 0 Å². The molecule has 170 valence electrons. The molecule has 0 aliphatic heterocycles. The van der Waals surface area contributed by atoms with Crippen molar-refractivity contribution in [3.05, 3.63) is 35.5 Å². The molecular weight excluding hydrogens is 372 g/mol. The van der Waals surface area contributed by atoms with Crippen LogP contribution in [0, 0.1) is 23.2 Å². The Labute approximate surface area is 184 Å². The molecule has 3 heteroatoms. The highest BCUT2D eigenvalue weighted by atomic mass is 16.3. The summed E-state index contributed by atoms with van der Waals surface area (Å²) in [5.74, 6) is 1.72. The maximum absolute atomic E-state index is 10.5. The molecule has 0 aromatic carbocycles. The fourth-order valence-corrected chi connectivity index (χ4v) is 6.86. The molecule has 3 fully saturated rings. The molecule has 0 aromatic heterocycles. The number of allylic oxidation sites excluding steroid dienone is 4. The van der Waals surface area contributed by atoms with E-state index in [-0.39, 0.29) is 6.10 Å². The quantitative estimate of drug-likeness (QED) is 0.520. The standard InChI is InChI=1S/C27H44O3/c1-18-8-11-22(28)16-21(18)10-9-20-7-6-14-27(5)24(12-13-25(20)27)19(2)15-23(29)17-26(3,4)30/h9-10,19,22-25,28-30H,1,6-8,11-17H2,2-5H3/b20-9?,21-10-/t19-,22+,23+,24-,25?,27-/m1/s1. The number of rotatable bonds is 6. The minimum absolute atomic E-state index is 0.219. The topological polar surface area (TPSA) is 60.7 Å². The molecule has 6 atom stereocenters. The van der Waals surface area contributed by atoms with E-state index in [1.807, 2.05) is 0 Å². The SMILES string of the molecule is C=C1CC[C@H](O)C/C1=C/C=C1CCC[C@@]2(C)C1CC[C@@H]2[C@H](C)C[C@H](O)CC(C)(C)O.